The van der Waals surface area contributed by atoms with Crippen molar-refractivity contribution in [2.45, 2.75) is 19.8 Å². The first-order chi connectivity index (χ1) is 12.2. The lowest BCUT2D eigenvalue weighted by Gasteiger charge is -2.14. The first-order valence-corrected chi connectivity index (χ1v) is 8.42. The number of rotatable bonds is 8. The molecule has 0 atom stereocenters. The molecule has 0 spiro atoms. The van der Waals surface area contributed by atoms with Gasteiger partial charge in [0.2, 0.25) is 0 Å². The van der Waals surface area contributed by atoms with Crippen molar-refractivity contribution in [1.82, 2.24) is 15.1 Å². The number of methoxy groups -OCH3 is 1. The van der Waals surface area contributed by atoms with E-state index >= 15 is 0 Å². The van der Waals surface area contributed by atoms with E-state index in [-0.39, 0.29) is 24.0 Å². The van der Waals surface area contributed by atoms with Crippen molar-refractivity contribution in [2.24, 2.45) is 12.0 Å². The second-order valence-electron chi connectivity index (χ2n) is 5.55. The minimum atomic E-state index is 0. The van der Waals surface area contributed by atoms with Crippen LogP contribution in [0.15, 0.2) is 35.6 Å². The van der Waals surface area contributed by atoms with Gasteiger partial charge in [0.05, 0.1) is 19.9 Å². The van der Waals surface area contributed by atoms with E-state index in [1.54, 1.807) is 14.2 Å². The van der Waals surface area contributed by atoms with E-state index < -0.39 is 0 Å². The molecule has 8 heteroatoms. The summed E-state index contributed by atoms with van der Waals surface area (Å²) in [4.78, 5) is 4.26. The zero-order valence-electron chi connectivity index (χ0n) is 15.8. The number of aromatic nitrogens is 2. The van der Waals surface area contributed by atoms with E-state index in [4.69, 9.17) is 9.47 Å². The largest absolute Gasteiger partial charge is 0.493 e. The van der Waals surface area contributed by atoms with Gasteiger partial charge in [0.1, 0.15) is 0 Å². The Hall–Kier alpha value is -1.97. The van der Waals surface area contributed by atoms with E-state index in [1.807, 2.05) is 49.2 Å². The van der Waals surface area contributed by atoms with Gasteiger partial charge in [0.25, 0.3) is 0 Å². The molecular formula is C18H28IN5O2. The summed E-state index contributed by atoms with van der Waals surface area (Å²) in [5.74, 6) is 2.15. The lowest BCUT2D eigenvalue weighted by atomic mass is 10.2. The molecule has 0 bridgehead atoms. The summed E-state index contributed by atoms with van der Waals surface area (Å²) in [6.45, 7) is 3.35. The topological polar surface area (TPSA) is 72.7 Å². The number of nitrogens with one attached hydrogen (secondary N) is 2. The molecule has 1 aromatic heterocycles. The Labute approximate surface area is 172 Å². The summed E-state index contributed by atoms with van der Waals surface area (Å²) in [6.07, 6.45) is 5.92. The average molecular weight is 473 g/mol. The summed E-state index contributed by atoms with van der Waals surface area (Å²) in [5, 5.41) is 10.8. The molecule has 0 unspecified atom stereocenters. The van der Waals surface area contributed by atoms with Gasteiger partial charge in [0, 0.05) is 38.6 Å². The van der Waals surface area contributed by atoms with Crippen LogP contribution in [0.25, 0.3) is 0 Å². The van der Waals surface area contributed by atoms with Crippen molar-refractivity contribution in [3.63, 3.8) is 0 Å². The fourth-order valence-corrected chi connectivity index (χ4v) is 2.44. The van der Waals surface area contributed by atoms with Gasteiger partial charge in [-0.05, 0) is 37.5 Å². The molecule has 26 heavy (non-hydrogen) atoms. The quantitative estimate of drug-likeness (QED) is 0.267. The molecule has 0 fully saturated rings. The van der Waals surface area contributed by atoms with Gasteiger partial charge in [-0.25, -0.2) is 0 Å². The molecule has 0 saturated heterocycles. The molecular weight excluding hydrogens is 445 g/mol. The number of hydrogen-bond donors (Lipinski definition) is 2. The van der Waals surface area contributed by atoms with Gasteiger partial charge >= 0.3 is 0 Å². The maximum absolute atomic E-state index is 5.60. The van der Waals surface area contributed by atoms with Gasteiger partial charge in [-0.1, -0.05) is 0 Å². The highest BCUT2D eigenvalue weighted by molar-refractivity contribution is 14.0. The Balaban J connectivity index is 0.00000338. The van der Waals surface area contributed by atoms with Gasteiger partial charge in [-0.15, -0.1) is 24.0 Å². The third-order valence-corrected chi connectivity index (χ3v) is 3.64. The Kier molecular flexibility index (Phi) is 9.85. The molecule has 0 aliphatic heterocycles. The smallest absolute Gasteiger partial charge is 0.195 e. The van der Waals surface area contributed by atoms with Crippen molar-refractivity contribution in [1.29, 1.82) is 0 Å². The molecule has 0 saturated carbocycles. The highest BCUT2D eigenvalue weighted by atomic mass is 127. The number of nitrogens with zero attached hydrogens (tertiary/aromatic N) is 3. The minimum Gasteiger partial charge on any atom is -0.493 e. The molecule has 7 nitrogen and oxygen atoms in total. The average Bonchev–Trinajstić information content (AvgIpc) is 3.03. The third kappa shape index (κ3) is 6.74. The molecule has 1 aromatic carbocycles. The number of halogens is 1. The summed E-state index contributed by atoms with van der Waals surface area (Å²) in [7, 11) is 5.32. The van der Waals surface area contributed by atoms with Crippen molar-refractivity contribution in [3.05, 3.63) is 36.2 Å². The highest BCUT2D eigenvalue weighted by Gasteiger charge is 2.07. The lowest BCUT2D eigenvalue weighted by molar-refractivity contribution is 0.311. The molecule has 0 radical (unpaired) electrons. The number of aliphatic imine (C=N–C) groups is 1. The Morgan fingerprint density at radius 2 is 2.12 bits per heavy atom. The van der Waals surface area contributed by atoms with Crippen molar-refractivity contribution >= 4 is 35.6 Å². The van der Waals surface area contributed by atoms with E-state index in [0.29, 0.717) is 18.1 Å². The summed E-state index contributed by atoms with van der Waals surface area (Å²) >= 11 is 0. The molecule has 0 aliphatic rings. The first kappa shape index (κ1) is 22.1. The number of anilines is 1. The van der Waals surface area contributed by atoms with Crippen molar-refractivity contribution < 1.29 is 9.47 Å². The Morgan fingerprint density at radius 1 is 1.31 bits per heavy atom. The number of guanidine groups is 1. The monoisotopic (exact) mass is 473 g/mol. The second kappa shape index (κ2) is 11.6. The summed E-state index contributed by atoms with van der Waals surface area (Å²) in [5.41, 5.74) is 2.13. The van der Waals surface area contributed by atoms with Gasteiger partial charge in [0.15, 0.2) is 17.5 Å². The molecule has 2 rings (SSSR count). The SMILES string of the molecule is CCOc1cc(NC(=NC)NCCCc2cnn(C)c2)ccc1OC.I. The van der Waals surface area contributed by atoms with Crippen LogP contribution in [0, 0.1) is 0 Å². The van der Waals surface area contributed by atoms with Crippen LogP contribution in [0.1, 0.15) is 18.9 Å². The fraction of sp³-hybridized carbons (Fsp3) is 0.444. The molecule has 2 N–H and O–H groups in total. The van der Waals surface area contributed by atoms with Crippen LogP contribution in [0.5, 0.6) is 11.5 Å². The van der Waals surface area contributed by atoms with Crippen LogP contribution >= 0.6 is 24.0 Å². The molecule has 144 valence electrons. The number of aryl methyl sites for hydroxylation is 2. The van der Waals surface area contributed by atoms with Crippen LogP contribution in [0.4, 0.5) is 5.69 Å². The van der Waals surface area contributed by atoms with Crippen LogP contribution in [0.2, 0.25) is 0 Å². The standard InChI is InChI=1S/C18H27N5O2.HI/c1-5-25-17-11-15(8-9-16(17)24-4)22-18(19-2)20-10-6-7-14-12-21-23(3)13-14;/h8-9,11-13H,5-7,10H2,1-4H3,(H2,19,20,22);1H. The summed E-state index contributed by atoms with van der Waals surface area (Å²) in [6, 6.07) is 5.72. The fourth-order valence-electron chi connectivity index (χ4n) is 2.44. The zero-order valence-corrected chi connectivity index (χ0v) is 18.1. The first-order valence-electron chi connectivity index (χ1n) is 8.42. The third-order valence-electron chi connectivity index (χ3n) is 3.64. The van der Waals surface area contributed by atoms with Gasteiger partial charge in [-0.2, -0.15) is 5.10 Å². The minimum absolute atomic E-state index is 0. The highest BCUT2D eigenvalue weighted by Crippen LogP contribution is 2.30. The molecule has 0 aliphatic carbocycles. The molecule has 2 aromatic rings. The second-order valence-corrected chi connectivity index (χ2v) is 5.55. The van der Waals surface area contributed by atoms with Crippen LogP contribution in [0.3, 0.4) is 0 Å². The number of ether oxygens (including phenoxy) is 2. The maximum atomic E-state index is 5.60. The number of benzene rings is 1. The summed E-state index contributed by atoms with van der Waals surface area (Å²) < 4.78 is 12.7. The predicted molar refractivity (Wildman–Crippen MR) is 116 cm³/mol. The maximum Gasteiger partial charge on any atom is 0.195 e. The Bertz CT molecular complexity index is 703. The zero-order chi connectivity index (χ0) is 18.1. The molecule has 1 heterocycles. The number of hydrogen-bond acceptors (Lipinski definition) is 4. The Morgan fingerprint density at radius 3 is 2.73 bits per heavy atom. The van der Waals surface area contributed by atoms with Crippen LogP contribution < -0.4 is 20.1 Å². The van der Waals surface area contributed by atoms with Crippen LogP contribution in [-0.2, 0) is 13.5 Å². The van der Waals surface area contributed by atoms with E-state index in [9.17, 15) is 0 Å². The van der Waals surface area contributed by atoms with E-state index in [0.717, 1.165) is 31.0 Å². The predicted octanol–water partition coefficient (Wildman–Crippen LogP) is 3.07. The van der Waals surface area contributed by atoms with E-state index in [1.165, 1.54) is 5.56 Å². The van der Waals surface area contributed by atoms with E-state index in [2.05, 4.69) is 20.7 Å². The van der Waals surface area contributed by atoms with Gasteiger partial charge < -0.3 is 20.1 Å². The van der Waals surface area contributed by atoms with Gasteiger partial charge in [-0.3, -0.25) is 9.67 Å². The normalized spacial score (nSPS) is 10.8. The van der Waals surface area contributed by atoms with Crippen molar-refractivity contribution in [3.8, 4) is 11.5 Å². The van der Waals surface area contributed by atoms with Crippen LogP contribution in [-0.4, -0.2) is 43.0 Å². The molecule has 0 amide bonds. The lowest BCUT2D eigenvalue weighted by Crippen LogP contribution is -2.31. The van der Waals surface area contributed by atoms with Crippen molar-refractivity contribution in [2.75, 3.05) is 32.6 Å².